The molecule has 2 N–H and O–H groups in total. The largest absolute Gasteiger partial charge is 0.388 e. The average molecular weight is 316 g/mol. The molecule has 6 heteroatoms. The third-order valence-electron chi connectivity index (χ3n) is 4.57. The first-order chi connectivity index (χ1) is 11.0. The average Bonchev–Trinajstić information content (AvgIpc) is 2.85. The van der Waals surface area contributed by atoms with Gasteiger partial charge in [-0.15, -0.1) is 0 Å². The third kappa shape index (κ3) is 3.42. The van der Waals surface area contributed by atoms with Gasteiger partial charge in [0.1, 0.15) is 6.54 Å². The Kier molecular flexibility index (Phi) is 4.17. The molecule has 3 amide bonds. The number of benzene rings is 1. The number of amides is 3. The summed E-state index contributed by atoms with van der Waals surface area (Å²) in [5.74, 6) is -1.04. The zero-order chi connectivity index (χ0) is 16.4. The second-order valence-corrected chi connectivity index (χ2v) is 6.32. The molecule has 1 aliphatic carbocycles. The van der Waals surface area contributed by atoms with Crippen LogP contribution in [0.4, 0.5) is 0 Å². The Hall–Kier alpha value is -2.21. The number of carbonyl (C=O) groups is 3. The number of carbonyl (C=O) groups excluding carboxylic acids is 3. The lowest BCUT2D eigenvalue weighted by atomic mass is 9.80. The first kappa shape index (κ1) is 15.7. The minimum atomic E-state index is -0.983. The molecule has 2 aliphatic rings. The van der Waals surface area contributed by atoms with E-state index in [4.69, 9.17) is 0 Å². The first-order valence-corrected chi connectivity index (χ1v) is 7.86. The number of hydrogen-bond acceptors (Lipinski definition) is 4. The quantitative estimate of drug-likeness (QED) is 0.775. The van der Waals surface area contributed by atoms with Gasteiger partial charge in [-0.1, -0.05) is 24.3 Å². The van der Waals surface area contributed by atoms with Gasteiger partial charge in [-0.2, -0.15) is 0 Å². The molecule has 1 saturated heterocycles. The number of aliphatic hydroxyl groups is 1. The first-order valence-electron chi connectivity index (χ1n) is 7.86. The van der Waals surface area contributed by atoms with Crippen molar-refractivity contribution in [3.63, 3.8) is 0 Å². The van der Waals surface area contributed by atoms with Gasteiger partial charge < -0.3 is 10.4 Å². The Labute approximate surface area is 134 Å². The van der Waals surface area contributed by atoms with Gasteiger partial charge in [-0.25, -0.2) is 0 Å². The summed E-state index contributed by atoms with van der Waals surface area (Å²) >= 11 is 0. The topological polar surface area (TPSA) is 86.7 Å². The molecule has 1 fully saturated rings. The number of nitrogens with zero attached hydrogens (tertiary/aromatic N) is 1. The highest BCUT2D eigenvalue weighted by Gasteiger charge is 2.34. The van der Waals surface area contributed by atoms with E-state index >= 15 is 0 Å². The van der Waals surface area contributed by atoms with E-state index in [1.165, 1.54) is 5.56 Å². The predicted molar refractivity (Wildman–Crippen MR) is 82.4 cm³/mol. The fourth-order valence-corrected chi connectivity index (χ4v) is 3.20. The van der Waals surface area contributed by atoms with Crippen LogP contribution in [0.5, 0.6) is 0 Å². The smallest absolute Gasteiger partial charge is 0.240 e. The van der Waals surface area contributed by atoms with Crippen LogP contribution in [0.15, 0.2) is 24.3 Å². The summed E-state index contributed by atoms with van der Waals surface area (Å²) in [6.45, 7) is -0.138. The molecule has 1 heterocycles. The van der Waals surface area contributed by atoms with Crippen molar-refractivity contribution in [2.75, 3.05) is 13.1 Å². The van der Waals surface area contributed by atoms with Crippen LogP contribution in [0.3, 0.4) is 0 Å². The molecule has 1 aliphatic heterocycles. The van der Waals surface area contributed by atoms with Gasteiger partial charge >= 0.3 is 0 Å². The summed E-state index contributed by atoms with van der Waals surface area (Å²) in [7, 11) is 0. The number of imide groups is 1. The molecule has 6 nitrogen and oxygen atoms in total. The van der Waals surface area contributed by atoms with Gasteiger partial charge in [0.25, 0.3) is 0 Å². The second-order valence-electron chi connectivity index (χ2n) is 6.32. The van der Waals surface area contributed by atoms with Gasteiger partial charge in [0.05, 0.1) is 5.60 Å². The van der Waals surface area contributed by atoms with E-state index in [1.807, 2.05) is 18.2 Å². The summed E-state index contributed by atoms with van der Waals surface area (Å²) in [5, 5.41) is 13.3. The number of aryl methyl sites for hydroxylation is 1. The maximum absolute atomic E-state index is 12.0. The Balaban J connectivity index is 1.55. The van der Waals surface area contributed by atoms with Crippen LogP contribution in [-0.4, -0.2) is 46.4 Å². The van der Waals surface area contributed by atoms with Crippen LogP contribution in [0.25, 0.3) is 0 Å². The van der Waals surface area contributed by atoms with Crippen molar-refractivity contribution in [2.45, 2.75) is 37.7 Å². The van der Waals surface area contributed by atoms with Crippen LogP contribution in [0.2, 0.25) is 0 Å². The molecule has 23 heavy (non-hydrogen) atoms. The minimum Gasteiger partial charge on any atom is -0.388 e. The number of nitrogens with one attached hydrogen (secondary N) is 1. The van der Waals surface area contributed by atoms with E-state index in [0.717, 1.165) is 16.9 Å². The van der Waals surface area contributed by atoms with E-state index < -0.39 is 11.5 Å². The molecule has 122 valence electrons. The monoisotopic (exact) mass is 316 g/mol. The highest BCUT2D eigenvalue weighted by molar-refractivity contribution is 6.04. The van der Waals surface area contributed by atoms with Crippen molar-refractivity contribution < 1.29 is 19.5 Å². The highest BCUT2D eigenvalue weighted by atomic mass is 16.3. The van der Waals surface area contributed by atoms with E-state index in [-0.39, 0.29) is 37.7 Å². The SMILES string of the molecule is O=C(CN1C(=O)CCC1=O)NCC1(O)CCc2ccccc2C1. The molecule has 0 radical (unpaired) electrons. The molecule has 0 bridgehead atoms. The van der Waals surface area contributed by atoms with Gasteiger partial charge in [-0.05, 0) is 24.0 Å². The van der Waals surface area contributed by atoms with Crippen molar-refractivity contribution in [1.29, 1.82) is 0 Å². The standard InChI is InChI=1S/C17H20N2O4/c20-14(10-19-15(21)5-6-16(19)22)18-11-17(23)8-7-12-3-1-2-4-13(12)9-17/h1-4,23H,5-11H2,(H,18,20). The van der Waals surface area contributed by atoms with E-state index in [2.05, 4.69) is 11.4 Å². The molecule has 1 aromatic rings. The normalized spacial score (nSPS) is 23.8. The van der Waals surface area contributed by atoms with Crippen molar-refractivity contribution >= 4 is 17.7 Å². The lowest BCUT2D eigenvalue weighted by Gasteiger charge is -2.33. The van der Waals surface area contributed by atoms with Crippen molar-refractivity contribution in [3.8, 4) is 0 Å². The van der Waals surface area contributed by atoms with E-state index in [9.17, 15) is 19.5 Å². The molecular formula is C17H20N2O4. The number of hydrogen-bond donors (Lipinski definition) is 2. The van der Waals surface area contributed by atoms with Gasteiger partial charge in [0.2, 0.25) is 17.7 Å². The van der Waals surface area contributed by atoms with Crippen molar-refractivity contribution in [2.24, 2.45) is 0 Å². The van der Waals surface area contributed by atoms with E-state index in [0.29, 0.717) is 12.8 Å². The summed E-state index contributed by atoms with van der Waals surface area (Å²) in [5.41, 5.74) is 1.35. The summed E-state index contributed by atoms with van der Waals surface area (Å²) in [6.07, 6.45) is 2.18. The molecule has 3 rings (SSSR count). The summed E-state index contributed by atoms with van der Waals surface area (Å²) in [6, 6.07) is 7.96. The van der Waals surface area contributed by atoms with Gasteiger partial charge in [0, 0.05) is 25.8 Å². The number of rotatable bonds is 4. The van der Waals surface area contributed by atoms with Crippen LogP contribution < -0.4 is 5.32 Å². The molecular weight excluding hydrogens is 296 g/mol. The maximum Gasteiger partial charge on any atom is 0.240 e. The fraction of sp³-hybridized carbons (Fsp3) is 0.471. The lowest BCUT2D eigenvalue weighted by Crippen LogP contribution is -2.49. The van der Waals surface area contributed by atoms with Crippen molar-refractivity contribution in [1.82, 2.24) is 10.2 Å². The third-order valence-corrected chi connectivity index (χ3v) is 4.57. The van der Waals surface area contributed by atoms with Crippen LogP contribution in [0, 0.1) is 0 Å². The van der Waals surface area contributed by atoms with Crippen LogP contribution >= 0.6 is 0 Å². The molecule has 1 atom stereocenters. The zero-order valence-electron chi connectivity index (χ0n) is 12.9. The van der Waals surface area contributed by atoms with Crippen LogP contribution in [0.1, 0.15) is 30.4 Å². The van der Waals surface area contributed by atoms with E-state index in [1.54, 1.807) is 0 Å². The van der Waals surface area contributed by atoms with Gasteiger partial charge in [0.15, 0.2) is 0 Å². The molecule has 1 unspecified atom stereocenters. The fourth-order valence-electron chi connectivity index (χ4n) is 3.20. The molecule has 0 saturated carbocycles. The van der Waals surface area contributed by atoms with Crippen LogP contribution in [-0.2, 0) is 27.2 Å². The second kappa shape index (κ2) is 6.12. The highest BCUT2D eigenvalue weighted by Crippen LogP contribution is 2.28. The van der Waals surface area contributed by atoms with Crippen molar-refractivity contribution in [3.05, 3.63) is 35.4 Å². The zero-order valence-corrected chi connectivity index (χ0v) is 12.9. The Morgan fingerprint density at radius 3 is 2.48 bits per heavy atom. The number of likely N-dealkylation sites (tertiary alicyclic amines) is 1. The number of fused-ring (bicyclic) bond motifs is 1. The van der Waals surface area contributed by atoms with Gasteiger partial charge in [-0.3, -0.25) is 19.3 Å². The summed E-state index contributed by atoms with van der Waals surface area (Å²) < 4.78 is 0. The lowest BCUT2D eigenvalue weighted by molar-refractivity contribution is -0.142. The Bertz CT molecular complexity index is 642. The maximum atomic E-state index is 12.0. The Morgan fingerprint density at radius 2 is 1.78 bits per heavy atom. The molecule has 0 spiro atoms. The molecule has 0 aromatic heterocycles. The summed E-state index contributed by atoms with van der Waals surface area (Å²) in [4.78, 5) is 35.9. The minimum absolute atomic E-state index is 0.121. The predicted octanol–water partition coefficient (Wildman–Crippen LogP) is 0.172. The Morgan fingerprint density at radius 1 is 1.13 bits per heavy atom. The molecule has 1 aromatic carbocycles.